The summed E-state index contributed by atoms with van der Waals surface area (Å²) in [5, 5.41) is 1.25. The van der Waals surface area contributed by atoms with Gasteiger partial charge in [-0.3, -0.25) is 0 Å². The summed E-state index contributed by atoms with van der Waals surface area (Å²) in [5.74, 6) is 0.890. The molecule has 0 saturated heterocycles. The van der Waals surface area contributed by atoms with Crippen LogP contribution in [0.1, 0.15) is 10.4 Å². The van der Waals surface area contributed by atoms with E-state index < -0.39 is 0 Å². The second-order valence-electron chi connectivity index (χ2n) is 4.31. The van der Waals surface area contributed by atoms with Crippen molar-refractivity contribution in [3.63, 3.8) is 0 Å². The zero-order valence-electron chi connectivity index (χ0n) is 10.5. The van der Waals surface area contributed by atoms with Crippen molar-refractivity contribution < 1.29 is 4.74 Å². The molecule has 2 aromatic carbocycles. The maximum Gasteiger partial charge on any atom is 0.119 e. The summed E-state index contributed by atoms with van der Waals surface area (Å²) in [6.45, 7) is 1.13. The second-order valence-corrected chi connectivity index (χ2v) is 5.44. The van der Waals surface area contributed by atoms with Crippen molar-refractivity contribution in [2.75, 3.05) is 0 Å². The summed E-state index contributed by atoms with van der Waals surface area (Å²) >= 11 is 1.75. The van der Waals surface area contributed by atoms with E-state index in [4.69, 9.17) is 10.5 Å². The molecule has 0 saturated carbocycles. The minimum absolute atomic E-state index is 0.562. The van der Waals surface area contributed by atoms with Crippen molar-refractivity contribution in [1.82, 2.24) is 0 Å². The molecule has 1 heterocycles. The zero-order valence-corrected chi connectivity index (χ0v) is 11.3. The summed E-state index contributed by atoms with van der Waals surface area (Å²) in [5.41, 5.74) is 7.05. The highest BCUT2D eigenvalue weighted by molar-refractivity contribution is 7.19. The van der Waals surface area contributed by atoms with Crippen LogP contribution in [-0.2, 0) is 13.2 Å². The molecule has 1 aromatic heterocycles. The number of hydrogen-bond acceptors (Lipinski definition) is 3. The third-order valence-corrected chi connectivity index (χ3v) is 4.33. The Morgan fingerprint density at radius 1 is 0.947 bits per heavy atom. The van der Waals surface area contributed by atoms with Crippen molar-refractivity contribution >= 4 is 21.4 Å². The smallest absolute Gasteiger partial charge is 0.119 e. The van der Waals surface area contributed by atoms with Crippen molar-refractivity contribution in [2.24, 2.45) is 5.73 Å². The number of fused-ring (bicyclic) bond motifs is 1. The van der Waals surface area contributed by atoms with Crippen LogP contribution in [0.5, 0.6) is 5.75 Å². The molecular weight excluding hydrogens is 254 g/mol. The molecule has 0 aliphatic heterocycles. The molecule has 0 aliphatic rings. The lowest BCUT2D eigenvalue weighted by molar-refractivity contribution is 0.307. The monoisotopic (exact) mass is 269 g/mol. The maximum absolute atomic E-state index is 5.85. The van der Waals surface area contributed by atoms with Gasteiger partial charge in [0, 0.05) is 21.7 Å². The van der Waals surface area contributed by atoms with Crippen LogP contribution < -0.4 is 10.5 Å². The van der Waals surface area contributed by atoms with Gasteiger partial charge in [-0.1, -0.05) is 36.4 Å². The van der Waals surface area contributed by atoms with Crippen LogP contribution in [0.3, 0.4) is 0 Å². The van der Waals surface area contributed by atoms with E-state index in [2.05, 4.69) is 24.3 Å². The molecule has 0 amide bonds. The summed E-state index contributed by atoms with van der Waals surface area (Å²) in [7, 11) is 0. The van der Waals surface area contributed by atoms with E-state index in [0.29, 0.717) is 13.2 Å². The number of thiophene rings is 1. The number of hydrogen-bond donors (Lipinski definition) is 1. The summed E-state index contributed by atoms with van der Waals surface area (Å²) < 4.78 is 7.12. The van der Waals surface area contributed by atoms with Gasteiger partial charge in [0.05, 0.1) is 0 Å². The number of para-hydroxylation sites is 1. The Kier molecular flexibility index (Phi) is 3.49. The molecule has 3 aromatic rings. The minimum Gasteiger partial charge on any atom is -0.489 e. The predicted molar refractivity (Wildman–Crippen MR) is 80.5 cm³/mol. The highest BCUT2D eigenvalue weighted by atomic mass is 32.1. The molecule has 96 valence electrons. The van der Waals surface area contributed by atoms with Crippen LogP contribution in [0.25, 0.3) is 10.1 Å². The number of rotatable bonds is 4. The zero-order chi connectivity index (χ0) is 13.1. The van der Waals surface area contributed by atoms with Crippen molar-refractivity contribution in [3.05, 3.63) is 65.0 Å². The predicted octanol–water partition coefficient (Wildman–Crippen LogP) is 3.94. The van der Waals surface area contributed by atoms with Crippen molar-refractivity contribution in [2.45, 2.75) is 13.2 Å². The fourth-order valence-electron chi connectivity index (χ4n) is 2.14. The number of ether oxygens (including phenoxy) is 1. The molecule has 3 rings (SSSR count). The highest BCUT2D eigenvalue weighted by Gasteiger charge is 2.11. The van der Waals surface area contributed by atoms with Crippen molar-refractivity contribution in [1.29, 1.82) is 0 Å². The quantitative estimate of drug-likeness (QED) is 0.778. The molecule has 0 atom stereocenters. The molecule has 0 fully saturated rings. The molecule has 3 heteroatoms. The molecule has 0 unspecified atom stereocenters. The van der Waals surface area contributed by atoms with Gasteiger partial charge < -0.3 is 10.5 Å². The first kappa shape index (κ1) is 12.2. The summed E-state index contributed by atoms with van der Waals surface area (Å²) in [6.07, 6.45) is 0. The molecule has 0 radical (unpaired) electrons. The topological polar surface area (TPSA) is 35.2 Å². The molecule has 0 aliphatic carbocycles. The van der Waals surface area contributed by atoms with Gasteiger partial charge in [0.15, 0.2) is 0 Å². The van der Waals surface area contributed by atoms with E-state index in [0.717, 1.165) is 5.75 Å². The van der Waals surface area contributed by atoms with E-state index in [9.17, 15) is 0 Å². The Balaban J connectivity index is 1.91. The van der Waals surface area contributed by atoms with Gasteiger partial charge >= 0.3 is 0 Å². The Hall–Kier alpha value is -1.84. The Morgan fingerprint density at radius 3 is 2.47 bits per heavy atom. The third kappa shape index (κ3) is 2.48. The molecule has 19 heavy (non-hydrogen) atoms. The van der Waals surface area contributed by atoms with E-state index in [1.54, 1.807) is 11.3 Å². The molecule has 0 spiro atoms. The van der Waals surface area contributed by atoms with Crippen LogP contribution in [0.15, 0.2) is 54.6 Å². The lowest BCUT2D eigenvalue weighted by Gasteiger charge is -2.07. The normalized spacial score (nSPS) is 10.8. The molecular formula is C16H15NOS. The average molecular weight is 269 g/mol. The van der Waals surface area contributed by atoms with Crippen LogP contribution >= 0.6 is 11.3 Å². The van der Waals surface area contributed by atoms with Gasteiger partial charge in [0.1, 0.15) is 12.4 Å². The average Bonchev–Trinajstić information content (AvgIpc) is 2.84. The first-order chi connectivity index (χ1) is 9.38. The highest BCUT2D eigenvalue weighted by Crippen LogP contribution is 2.31. The van der Waals surface area contributed by atoms with Gasteiger partial charge in [-0.2, -0.15) is 0 Å². The van der Waals surface area contributed by atoms with Crippen LogP contribution in [0.4, 0.5) is 0 Å². The molecule has 2 nitrogen and oxygen atoms in total. The van der Waals surface area contributed by atoms with Crippen molar-refractivity contribution in [3.8, 4) is 5.75 Å². The first-order valence-electron chi connectivity index (χ1n) is 6.25. The fraction of sp³-hybridized carbons (Fsp3) is 0.125. The maximum atomic E-state index is 5.85. The van der Waals surface area contributed by atoms with Crippen LogP contribution in [-0.4, -0.2) is 0 Å². The first-order valence-corrected chi connectivity index (χ1v) is 7.07. The van der Waals surface area contributed by atoms with E-state index in [-0.39, 0.29) is 0 Å². The number of nitrogens with two attached hydrogens (primary N) is 1. The number of benzene rings is 2. The SMILES string of the molecule is NCc1sc2ccccc2c1COc1ccccc1. The van der Waals surface area contributed by atoms with E-state index >= 15 is 0 Å². The molecule has 0 bridgehead atoms. The Bertz CT molecular complexity index is 676. The standard InChI is InChI=1S/C16H15NOS/c17-10-16-14(11-18-12-6-2-1-3-7-12)13-8-4-5-9-15(13)19-16/h1-9H,10-11,17H2. The lowest BCUT2D eigenvalue weighted by atomic mass is 10.1. The van der Waals surface area contributed by atoms with Gasteiger partial charge in [-0.05, 0) is 23.6 Å². The minimum atomic E-state index is 0.562. The third-order valence-electron chi connectivity index (χ3n) is 3.09. The second kappa shape index (κ2) is 5.43. The largest absolute Gasteiger partial charge is 0.489 e. The van der Waals surface area contributed by atoms with Gasteiger partial charge in [-0.15, -0.1) is 11.3 Å². The van der Waals surface area contributed by atoms with Crippen LogP contribution in [0, 0.1) is 0 Å². The Labute approximate surface area is 116 Å². The summed E-state index contributed by atoms with van der Waals surface area (Å²) in [4.78, 5) is 1.21. The van der Waals surface area contributed by atoms with Gasteiger partial charge in [0.25, 0.3) is 0 Å². The van der Waals surface area contributed by atoms with E-state index in [1.165, 1.54) is 20.5 Å². The fourth-order valence-corrected chi connectivity index (χ4v) is 3.23. The van der Waals surface area contributed by atoms with Gasteiger partial charge in [-0.25, -0.2) is 0 Å². The Morgan fingerprint density at radius 2 is 1.68 bits per heavy atom. The van der Waals surface area contributed by atoms with Crippen LogP contribution in [0.2, 0.25) is 0 Å². The summed E-state index contributed by atoms with van der Waals surface area (Å²) in [6, 6.07) is 18.3. The van der Waals surface area contributed by atoms with Gasteiger partial charge in [0.2, 0.25) is 0 Å². The lowest BCUT2D eigenvalue weighted by Crippen LogP contribution is -2.01. The molecule has 2 N–H and O–H groups in total. The van der Waals surface area contributed by atoms with E-state index in [1.807, 2.05) is 30.3 Å².